The van der Waals surface area contributed by atoms with Crippen LogP contribution >= 0.6 is 0 Å². The summed E-state index contributed by atoms with van der Waals surface area (Å²) in [6, 6.07) is 0. The van der Waals surface area contributed by atoms with Crippen molar-refractivity contribution in [1.29, 1.82) is 0 Å². The standard InChI is InChI=1S/C18H26O13/c1-2-3-4-5-6-9(17(28)30-12(21)7-10(19)15(24)25)14(23)18(29)31-13(22)8-11(20)16(26)27/h9-11,14,19-20,23H,2-8H2,1H3,(H,24,25)(H,26,27). The predicted molar refractivity (Wildman–Crippen MR) is 97.0 cm³/mol. The van der Waals surface area contributed by atoms with Crippen molar-refractivity contribution < 1.29 is 63.8 Å². The topological polar surface area (TPSA) is 222 Å². The summed E-state index contributed by atoms with van der Waals surface area (Å²) in [5.41, 5.74) is 0. The molecule has 176 valence electrons. The van der Waals surface area contributed by atoms with Crippen LogP contribution in [0.3, 0.4) is 0 Å². The number of carboxylic acid groups (broad SMARTS) is 2. The van der Waals surface area contributed by atoms with E-state index in [-0.39, 0.29) is 6.42 Å². The predicted octanol–water partition coefficient (Wildman–Crippen LogP) is -1.26. The van der Waals surface area contributed by atoms with Crippen LogP contribution in [-0.2, 0) is 38.2 Å². The van der Waals surface area contributed by atoms with Crippen molar-refractivity contribution in [3.63, 3.8) is 0 Å². The highest BCUT2D eigenvalue weighted by molar-refractivity contribution is 5.94. The van der Waals surface area contributed by atoms with E-state index in [1.54, 1.807) is 0 Å². The van der Waals surface area contributed by atoms with Crippen molar-refractivity contribution in [3.8, 4) is 0 Å². The van der Waals surface area contributed by atoms with E-state index in [9.17, 15) is 33.9 Å². The molecule has 31 heavy (non-hydrogen) atoms. The number of carbonyl (C=O) groups is 6. The Hall–Kier alpha value is -2.90. The number of hydrogen-bond donors (Lipinski definition) is 5. The van der Waals surface area contributed by atoms with E-state index >= 15 is 0 Å². The minimum Gasteiger partial charge on any atom is -0.479 e. The van der Waals surface area contributed by atoms with Gasteiger partial charge in [0.2, 0.25) is 0 Å². The van der Waals surface area contributed by atoms with Crippen LogP contribution in [0, 0.1) is 5.92 Å². The fourth-order valence-corrected chi connectivity index (χ4v) is 2.29. The van der Waals surface area contributed by atoms with Gasteiger partial charge in [0.15, 0.2) is 18.3 Å². The Morgan fingerprint density at radius 2 is 1.16 bits per heavy atom. The van der Waals surface area contributed by atoms with Crippen LogP contribution in [-0.4, -0.2) is 79.7 Å². The third-order valence-corrected chi connectivity index (χ3v) is 4.01. The number of carbonyl (C=O) groups excluding carboxylic acids is 4. The molecule has 0 aromatic carbocycles. The first-order chi connectivity index (χ1) is 14.4. The maximum atomic E-state index is 12.2. The van der Waals surface area contributed by atoms with Crippen LogP contribution in [0.1, 0.15) is 51.9 Å². The second kappa shape index (κ2) is 14.2. The molecule has 0 saturated heterocycles. The zero-order valence-corrected chi connectivity index (χ0v) is 16.8. The first-order valence-corrected chi connectivity index (χ1v) is 9.39. The highest BCUT2D eigenvalue weighted by atomic mass is 16.6. The number of carboxylic acids is 2. The van der Waals surface area contributed by atoms with Crippen molar-refractivity contribution in [2.75, 3.05) is 0 Å². The van der Waals surface area contributed by atoms with Crippen LogP contribution in [0.5, 0.6) is 0 Å². The van der Waals surface area contributed by atoms with Gasteiger partial charge in [0.1, 0.15) is 0 Å². The molecule has 5 N–H and O–H groups in total. The average Bonchev–Trinajstić information content (AvgIpc) is 2.66. The number of unbranched alkanes of at least 4 members (excludes halogenated alkanes) is 3. The van der Waals surface area contributed by atoms with E-state index in [1.807, 2.05) is 6.92 Å². The van der Waals surface area contributed by atoms with Crippen LogP contribution in [0.15, 0.2) is 0 Å². The van der Waals surface area contributed by atoms with E-state index in [1.165, 1.54) is 0 Å². The lowest BCUT2D eigenvalue weighted by molar-refractivity contribution is -0.178. The third kappa shape index (κ3) is 11.2. The second-order valence-electron chi connectivity index (χ2n) is 6.60. The number of ether oxygens (including phenoxy) is 2. The van der Waals surface area contributed by atoms with E-state index in [4.69, 9.17) is 20.4 Å². The molecule has 0 amide bonds. The number of esters is 4. The molecule has 4 atom stereocenters. The smallest absolute Gasteiger partial charge is 0.343 e. The highest BCUT2D eigenvalue weighted by Crippen LogP contribution is 2.19. The third-order valence-electron chi connectivity index (χ3n) is 4.01. The van der Waals surface area contributed by atoms with Crippen LogP contribution < -0.4 is 0 Å². The van der Waals surface area contributed by atoms with E-state index in [2.05, 4.69) is 9.47 Å². The monoisotopic (exact) mass is 450 g/mol. The zero-order chi connectivity index (χ0) is 24.1. The minimum atomic E-state index is -2.27. The molecule has 13 heteroatoms. The van der Waals surface area contributed by atoms with Gasteiger partial charge in [0.05, 0.1) is 18.8 Å². The summed E-state index contributed by atoms with van der Waals surface area (Å²) in [6.07, 6.45) is -6.36. The Morgan fingerprint density at radius 3 is 1.58 bits per heavy atom. The molecule has 0 aromatic rings. The lowest BCUT2D eigenvalue weighted by Gasteiger charge is -2.19. The molecule has 0 spiro atoms. The molecule has 0 aliphatic carbocycles. The number of aliphatic hydroxyl groups is 3. The fraction of sp³-hybridized carbons (Fsp3) is 0.667. The SMILES string of the molecule is CCCCCCC(C(=O)OC(=O)CC(O)C(=O)O)C(O)C(=O)OC(=O)CC(O)C(=O)O. The Morgan fingerprint density at radius 1 is 0.710 bits per heavy atom. The van der Waals surface area contributed by atoms with Gasteiger partial charge in [-0.1, -0.05) is 32.6 Å². The molecular weight excluding hydrogens is 424 g/mol. The Labute approximate surface area is 176 Å². The second-order valence-corrected chi connectivity index (χ2v) is 6.60. The number of aliphatic carboxylic acids is 2. The molecule has 0 fully saturated rings. The lowest BCUT2D eigenvalue weighted by Crippen LogP contribution is -2.39. The summed E-state index contributed by atoms with van der Waals surface area (Å²) in [4.78, 5) is 68.3. The Kier molecular flexibility index (Phi) is 12.8. The lowest BCUT2D eigenvalue weighted by atomic mass is 9.95. The van der Waals surface area contributed by atoms with Gasteiger partial charge >= 0.3 is 35.8 Å². The quantitative estimate of drug-likeness (QED) is 0.119. The summed E-state index contributed by atoms with van der Waals surface area (Å²) in [5, 5.41) is 45.4. The van der Waals surface area contributed by atoms with Gasteiger partial charge in [0, 0.05) is 0 Å². The largest absolute Gasteiger partial charge is 0.479 e. The van der Waals surface area contributed by atoms with Crippen LogP contribution in [0.25, 0.3) is 0 Å². The fourth-order valence-electron chi connectivity index (χ4n) is 2.29. The number of hydrogen-bond acceptors (Lipinski definition) is 11. The summed E-state index contributed by atoms with van der Waals surface area (Å²) < 4.78 is 8.62. The van der Waals surface area contributed by atoms with Gasteiger partial charge in [-0.2, -0.15) is 0 Å². The summed E-state index contributed by atoms with van der Waals surface area (Å²) in [7, 11) is 0. The maximum absolute atomic E-state index is 12.2. The summed E-state index contributed by atoms with van der Waals surface area (Å²) in [5.74, 6) is -11.1. The van der Waals surface area contributed by atoms with E-state index in [0.717, 1.165) is 12.8 Å². The normalized spacial score (nSPS) is 14.6. The number of rotatable bonds is 14. The summed E-state index contributed by atoms with van der Waals surface area (Å²) >= 11 is 0. The van der Waals surface area contributed by atoms with Crippen molar-refractivity contribution in [2.45, 2.75) is 70.2 Å². The highest BCUT2D eigenvalue weighted by Gasteiger charge is 2.37. The van der Waals surface area contributed by atoms with Crippen molar-refractivity contribution in [1.82, 2.24) is 0 Å². The molecule has 4 unspecified atom stereocenters. The molecule has 0 saturated carbocycles. The molecule has 0 radical (unpaired) electrons. The molecule has 0 heterocycles. The maximum Gasteiger partial charge on any atom is 0.343 e. The van der Waals surface area contributed by atoms with Gasteiger partial charge in [-0.15, -0.1) is 0 Å². The first-order valence-electron chi connectivity index (χ1n) is 9.39. The van der Waals surface area contributed by atoms with Crippen LogP contribution in [0.2, 0.25) is 0 Å². The zero-order valence-electron chi connectivity index (χ0n) is 16.8. The van der Waals surface area contributed by atoms with E-state index in [0.29, 0.717) is 12.8 Å². The van der Waals surface area contributed by atoms with Gasteiger partial charge in [-0.05, 0) is 6.42 Å². The van der Waals surface area contributed by atoms with Crippen LogP contribution in [0.4, 0.5) is 0 Å². The number of aliphatic hydroxyl groups excluding tert-OH is 3. The van der Waals surface area contributed by atoms with E-state index < -0.39 is 72.9 Å². The van der Waals surface area contributed by atoms with Gasteiger partial charge in [-0.25, -0.2) is 14.4 Å². The minimum absolute atomic E-state index is 0.157. The Bertz CT molecular complexity index is 671. The van der Waals surface area contributed by atoms with Gasteiger partial charge < -0.3 is 35.0 Å². The average molecular weight is 450 g/mol. The van der Waals surface area contributed by atoms with Crippen molar-refractivity contribution in [2.24, 2.45) is 5.92 Å². The van der Waals surface area contributed by atoms with Gasteiger partial charge in [0.25, 0.3) is 0 Å². The molecule has 0 aliphatic rings. The molecule has 0 rings (SSSR count). The molecule has 0 aromatic heterocycles. The molecule has 13 nitrogen and oxygen atoms in total. The van der Waals surface area contributed by atoms with Gasteiger partial charge in [-0.3, -0.25) is 14.4 Å². The molecule has 0 bridgehead atoms. The van der Waals surface area contributed by atoms with Crippen molar-refractivity contribution in [3.05, 3.63) is 0 Å². The van der Waals surface area contributed by atoms with Crippen molar-refractivity contribution >= 4 is 35.8 Å². The summed E-state index contributed by atoms with van der Waals surface area (Å²) in [6.45, 7) is 1.90. The first kappa shape index (κ1) is 28.1. The molecular formula is C18H26O13. The Balaban J connectivity index is 5.13. The molecule has 0 aliphatic heterocycles.